The number of carbonyl (C=O) groups is 2. The predicted molar refractivity (Wildman–Crippen MR) is 173 cm³/mol. The molecule has 43 heavy (non-hydrogen) atoms. The summed E-state index contributed by atoms with van der Waals surface area (Å²) >= 11 is 2.12. The van der Waals surface area contributed by atoms with E-state index in [1.54, 1.807) is 13.2 Å². The molecule has 0 radical (unpaired) electrons. The number of amides is 1. The Balaban J connectivity index is 1.54. The Labute approximate surface area is 260 Å². The quantitative estimate of drug-likeness (QED) is 0.294. The van der Waals surface area contributed by atoms with E-state index in [9.17, 15) is 23.1 Å². The van der Waals surface area contributed by atoms with Crippen LogP contribution in [0, 0.1) is 12.8 Å². The van der Waals surface area contributed by atoms with Gasteiger partial charge in [-0.25, -0.2) is 13.2 Å². The van der Waals surface area contributed by atoms with Gasteiger partial charge in [-0.3, -0.25) is 9.69 Å². The third-order valence-corrected chi connectivity index (χ3v) is 11.1. The molecular formula is C33H46N2O6S2. The highest BCUT2D eigenvalue weighted by atomic mass is 32.2. The number of nitrogens with zero attached hydrogens (tertiary/aromatic N) is 1. The fourth-order valence-electron chi connectivity index (χ4n) is 6.29. The van der Waals surface area contributed by atoms with Gasteiger partial charge in [-0.1, -0.05) is 49.6 Å². The standard InChI is InChI=1S/C33H46N2O6S2/c1-23-9-7-8-12-28(23)30-17-25(13-14-29(30)32(36)34-31(33(37)38)15-16-43(3,39)40)19-35-20-27(18-26(35)21-41-2)42-22-24-10-5-4-6-11-24/h7-9,12-14,17,24,26-27,31H,4-6,10-11,15-16,18-22H2,1-3H3,(H,34,36)(H,37,38)/t26-,27?,31+/m1/s1. The first-order valence-corrected chi connectivity index (χ1v) is 18.4. The highest BCUT2D eigenvalue weighted by Gasteiger charge is 2.33. The number of carboxylic acids is 1. The van der Waals surface area contributed by atoms with Gasteiger partial charge in [0.25, 0.3) is 5.91 Å². The third-order valence-electron chi connectivity index (χ3n) is 8.67. The summed E-state index contributed by atoms with van der Waals surface area (Å²) < 4.78 is 28.9. The Morgan fingerprint density at radius 3 is 2.53 bits per heavy atom. The van der Waals surface area contributed by atoms with Crippen LogP contribution in [0.4, 0.5) is 0 Å². The molecular weight excluding hydrogens is 585 g/mol. The second-order valence-electron chi connectivity index (χ2n) is 12.2. The molecule has 8 nitrogen and oxygen atoms in total. The lowest BCUT2D eigenvalue weighted by Crippen LogP contribution is -2.42. The van der Waals surface area contributed by atoms with Gasteiger partial charge in [0, 0.05) is 43.3 Å². The van der Waals surface area contributed by atoms with E-state index < -0.39 is 27.8 Å². The molecule has 1 heterocycles. The molecule has 1 aliphatic heterocycles. The average molecular weight is 631 g/mol. The van der Waals surface area contributed by atoms with Crippen molar-refractivity contribution in [2.24, 2.45) is 5.92 Å². The van der Waals surface area contributed by atoms with Crippen LogP contribution in [-0.4, -0.2) is 85.7 Å². The predicted octanol–water partition coefficient (Wildman–Crippen LogP) is 5.18. The lowest BCUT2D eigenvalue weighted by atomic mass is 9.91. The fraction of sp³-hybridized carbons (Fsp3) is 0.576. The zero-order valence-corrected chi connectivity index (χ0v) is 27.2. The normalized spacial score (nSPS) is 20.6. The smallest absolute Gasteiger partial charge is 0.326 e. The van der Waals surface area contributed by atoms with E-state index in [2.05, 4.69) is 22.0 Å². The summed E-state index contributed by atoms with van der Waals surface area (Å²) in [7, 11) is -1.62. The number of nitrogens with one attached hydrogen (secondary N) is 1. The lowest BCUT2D eigenvalue weighted by molar-refractivity contribution is -0.139. The highest BCUT2D eigenvalue weighted by Crippen LogP contribution is 2.35. The van der Waals surface area contributed by atoms with Crippen molar-refractivity contribution in [3.8, 4) is 11.1 Å². The monoisotopic (exact) mass is 630 g/mol. The summed E-state index contributed by atoms with van der Waals surface area (Å²) in [6, 6.07) is 12.6. The number of methoxy groups -OCH3 is 1. The number of rotatable bonds is 14. The molecule has 0 aromatic heterocycles. The summed E-state index contributed by atoms with van der Waals surface area (Å²) in [6.07, 6.45) is 8.77. The molecule has 1 saturated carbocycles. The number of sulfone groups is 1. The number of ether oxygens (including phenoxy) is 1. The van der Waals surface area contributed by atoms with E-state index in [1.807, 2.05) is 43.3 Å². The molecule has 1 saturated heterocycles. The number of hydrogen-bond acceptors (Lipinski definition) is 7. The highest BCUT2D eigenvalue weighted by molar-refractivity contribution is 7.99. The van der Waals surface area contributed by atoms with Crippen LogP contribution in [0.1, 0.15) is 66.4 Å². The Morgan fingerprint density at radius 1 is 1.12 bits per heavy atom. The van der Waals surface area contributed by atoms with Crippen LogP contribution in [0.3, 0.4) is 0 Å². The molecule has 1 aliphatic carbocycles. The Bertz CT molecular complexity index is 1360. The van der Waals surface area contributed by atoms with Crippen molar-refractivity contribution >= 4 is 33.5 Å². The van der Waals surface area contributed by atoms with Crippen LogP contribution in [-0.2, 0) is 25.9 Å². The molecule has 236 valence electrons. The Kier molecular flexibility index (Phi) is 12.1. The molecule has 2 fully saturated rings. The number of thioether (sulfide) groups is 1. The van der Waals surface area contributed by atoms with Crippen LogP contribution in [0.2, 0.25) is 0 Å². The fourth-order valence-corrected chi connectivity index (χ4v) is 8.49. The van der Waals surface area contributed by atoms with Crippen molar-refractivity contribution in [2.75, 3.05) is 38.0 Å². The first kappa shape index (κ1) is 33.5. The van der Waals surface area contributed by atoms with E-state index in [1.165, 1.54) is 37.9 Å². The summed E-state index contributed by atoms with van der Waals surface area (Å²) in [6.45, 7) is 4.38. The first-order valence-electron chi connectivity index (χ1n) is 15.3. The third kappa shape index (κ3) is 9.80. The van der Waals surface area contributed by atoms with Gasteiger partial charge in [-0.15, -0.1) is 0 Å². The summed E-state index contributed by atoms with van der Waals surface area (Å²) in [5.74, 6) is -0.0487. The number of likely N-dealkylation sites (tertiary alicyclic amines) is 1. The SMILES string of the molecule is COC[C@H]1CC(SCC2CCCCC2)CN1Cc1ccc(C(=O)N[C@@H](CCS(C)(=O)=O)C(=O)O)c(-c2ccccc2C)c1. The van der Waals surface area contributed by atoms with Crippen molar-refractivity contribution in [3.05, 3.63) is 59.2 Å². The summed E-state index contributed by atoms with van der Waals surface area (Å²) in [5.41, 5.74) is 4.05. The molecule has 3 atom stereocenters. The second kappa shape index (κ2) is 15.5. The van der Waals surface area contributed by atoms with Gasteiger partial charge >= 0.3 is 5.97 Å². The van der Waals surface area contributed by atoms with Crippen LogP contribution in [0.25, 0.3) is 11.1 Å². The molecule has 2 aliphatic rings. The number of benzene rings is 2. The maximum absolute atomic E-state index is 13.5. The molecule has 4 rings (SSSR count). The van der Waals surface area contributed by atoms with Gasteiger partial charge in [0.2, 0.25) is 0 Å². The molecule has 2 N–H and O–H groups in total. The lowest BCUT2D eigenvalue weighted by Gasteiger charge is -2.25. The van der Waals surface area contributed by atoms with Crippen molar-refractivity contribution in [3.63, 3.8) is 0 Å². The van der Waals surface area contributed by atoms with E-state index in [0.717, 1.165) is 53.9 Å². The molecule has 2 aromatic carbocycles. The van der Waals surface area contributed by atoms with Gasteiger partial charge in [0.05, 0.1) is 12.4 Å². The molecule has 0 spiro atoms. The summed E-state index contributed by atoms with van der Waals surface area (Å²) in [4.78, 5) is 27.8. The average Bonchev–Trinajstić information content (AvgIpc) is 3.35. The van der Waals surface area contributed by atoms with Gasteiger partial charge in [0.15, 0.2) is 0 Å². The van der Waals surface area contributed by atoms with E-state index in [-0.39, 0.29) is 12.2 Å². The zero-order valence-electron chi connectivity index (χ0n) is 25.6. The number of aryl methyl sites for hydroxylation is 1. The van der Waals surface area contributed by atoms with E-state index in [4.69, 9.17) is 4.74 Å². The molecule has 2 aromatic rings. The number of carboxylic acid groups (broad SMARTS) is 1. The van der Waals surface area contributed by atoms with Gasteiger partial charge in [-0.2, -0.15) is 11.8 Å². The molecule has 1 amide bonds. The van der Waals surface area contributed by atoms with Crippen molar-refractivity contribution < 1.29 is 27.9 Å². The minimum absolute atomic E-state index is 0.201. The van der Waals surface area contributed by atoms with Crippen molar-refractivity contribution in [1.29, 1.82) is 0 Å². The maximum atomic E-state index is 13.5. The topological polar surface area (TPSA) is 113 Å². The molecule has 1 unspecified atom stereocenters. The van der Waals surface area contributed by atoms with E-state index in [0.29, 0.717) is 23.5 Å². The summed E-state index contributed by atoms with van der Waals surface area (Å²) in [5, 5.41) is 12.8. The largest absolute Gasteiger partial charge is 0.480 e. The first-order chi connectivity index (χ1) is 20.5. The number of hydrogen-bond donors (Lipinski definition) is 2. The van der Waals surface area contributed by atoms with Crippen molar-refractivity contribution in [2.45, 2.75) is 75.7 Å². The van der Waals surface area contributed by atoms with Crippen LogP contribution < -0.4 is 5.32 Å². The molecule has 10 heteroatoms. The van der Waals surface area contributed by atoms with Gasteiger partial charge < -0.3 is 15.2 Å². The minimum atomic E-state index is -3.38. The van der Waals surface area contributed by atoms with Crippen LogP contribution in [0.15, 0.2) is 42.5 Å². The minimum Gasteiger partial charge on any atom is -0.480 e. The maximum Gasteiger partial charge on any atom is 0.326 e. The Hall–Kier alpha value is -2.40. The zero-order chi connectivity index (χ0) is 31.0. The molecule has 0 bridgehead atoms. The van der Waals surface area contributed by atoms with Crippen LogP contribution >= 0.6 is 11.8 Å². The van der Waals surface area contributed by atoms with Crippen LogP contribution in [0.5, 0.6) is 0 Å². The van der Waals surface area contributed by atoms with Gasteiger partial charge in [-0.05, 0) is 78.7 Å². The van der Waals surface area contributed by atoms with E-state index >= 15 is 0 Å². The number of aliphatic carboxylic acids is 1. The van der Waals surface area contributed by atoms with Gasteiger partial charge in [0.1, 0.15) is 15.9 Å². The second-order valence-corrected chi connectivity index (χ2v) is 15.8. The Morgan fingerprint density at radius 2 is 1.86 bits per heavy atom. The number of carbonyl (C=O) groups excluding carboxylic acids is 1. The van der Waals surface area contributed by atoms with Crippen molar-refractivity contribution in [1.82, 2.24) is 10.2 Å².